The first-order chi connectivity index (χ1) is 36.5. The molecule has 2 atom stereocenters. The molecule has 2 N–H and O–H groups in total. The van der Waals surface area contributed by atoms with Crippen molar-refractivity contribution >= 4 is 43.1 Å². The van der Waals surface area contributed by atoms with Gasteiger partial charge < -0.3 is 38.6 Å². The molecular weight excluding hydrogens is 933 g/mol. The van der Waals surface area contributed by atoms with Crippen molar-refractivity contribution in [1.82, 2.24) is 0 Å². The highest BCUT2D eigenvalue weighted by Gasteiger charge is 2.25. The molecule has 8 nitrogen and oxygen atoms in total. The summed E-state index contributed by atoms with van der Waals surface area (Å²) in [7, 11) is 0. The highest BCUT2D eigenvalue weighted by molar-refractivity contribution is 6.03. The summed E-state index contributed by atoms with van der Waals surface area (Å²) in [6.07, 6.45) is -1.74. The van der Waals surface area contributed by atoms with Crippen LogP contribution < -0.4 is 18.9 Å². The lowest BCUT2D eigenvalue weighted by Crippen LogP contribution is -2.26. The third-order valence-corrected chi connectivity index (χ3v) is 14.5. The number of fused-ring (bicyclic) bond motifs is 4. The molecule has 10 rings (SSSR count). The number of aliphatic hydroxyl groups is 2. The summed E-state index contributed by atoms with van der Waals surface area (Å²) in [6, 6.07) is 71.0. The van der Waals surface area contributed by atoms with Crippen LogP contribution >= 0.6 is 0 Å². The van der Waals surface area contributed by atoms with Gasteiger partial charge in [-0.05, 0) is 126 Å². The highest BCUT2D eigenvalue weighted by Crippen LogP contribution is 2.37. The van der Waals surface area contributed by atoms with E-state index in [-0.39, 0.29) is 44.1 Å². The summed E-state index contributed by atoms with van der Waals surface area (Å²) >= 11 is 0. The molecule has 0 amide bonds. The molecule has 0 saturated carbocycles. The average molecular weight is 997 g/mol. The second-order valence-electron chi connectivity index (χ2n) is 20.3. The van der Waals surface area contributed by atoms with Crippen molar-refractivity contribution in [3.63, 3.8) is 0 Å². The minimum Gasteiger partial charge on any atom is -0.491 e. The summed E-state index contributed by atoms with van der Waals surface area (Å²) in [6.45, 7) is 9.78. The van der Waals surface area contributed by atoms with Gasteiger partial charge in [0, 0.05) is 22.0 Å². The first kappa shape index (κ1) is 50.8. The summed E-state index contributed by atoms with van der Waals surface area (Å²) < 4.78 is 35.6. The molecule has 2 unspecified atom stereocenters. The van der Waals surface area contributed by atoms with E-state index in [1.807, 2.05) is 48.5 Å². The van der Waals surface area contributed by atoms with Crippen molar-refractivity contribution in [2.24, 2.45) is 0 Å². The van der Waals surface area contributed by atoms with Gasteiger partial charge >= 0.3 is 0 Å². The van der Waals surface area contributed by atoms with Crippen LogP contribution in [0.1, 0.15) is 61.1 Å². The van der Waals surface area contributed by atoms with Gasteiger partial charge in [-0.25, -0.2) is 0 Å². The lowest BCUT2D eigenvalue weighted by molar-refractivity contribution is -0.104. The topological polar surface area (TPSA) is 95.8 Å². The van der Waals surface area contributed by atoms with Crippen LogP contribution in [0, 0.1) is 0 Å². The zero-order chi connectivity index (χ0) is 51.8. The average Bonchev–Trinajstić information content (AvgIpc) is 3.44. The standard InChI is InChI=1S/C67H64O8/c1-66(2,52-25-33-58(34-26-52)74-43-64-60-17-9-5-13-46(60)37-47-14-6-10-18-61(47)64)50-21-29-56(30-22-50)72-41-54(68)39-70-45-71-40-55(69)42-73-57-31-23-51(24-32-57)67(3,4)53-27-35-59(36-28-53)75-44-65-62-19-11-7-15-48(62)38-49-16-8-12-20-63(49)65/h5-38,54-55,68-69H,39-45H2,1-4H3. The van der Waals surface area contributed by atoms with Gasteiger partial charge in [0.05, 0.1) is 13.2 Å². The van der Waals surface area contributed by atoms with Gasteiger partial charge in [0.25, 0.3) is 0 Å². The Kier molecular flexibility index (Phi) is 15.4. The van der Waals surface area contributed by atoms with E-state index in [0.29, 0.717) is 24.7 Å². The second kappa shape index (κ2) is 22.8. The second-order valence-corrected chi connectivity index (χ2v) is 20.3. The van der Waals surface area contributed by atoms with Crippen molar-refractivity contribution in [3.05, 3.63) is 240 Å². The first-order valence-electron chi connectivity index (χ1n) is 25.7. The van der Waals surface area contributed by atoms with Crippen molar-refractivity contribution in [2.45, 2.75) is 63.9 Å². The van der Waals surface area contributed by atoms with Crippen LogP contribution in [0.25, 0.3) is 43.1 Å². The number of hydrogen-bond donors (Lipinski definition) is 2. The third kappa shape index (κ3) is 11.8. The molecule has 0 spiro atoms. The Hall–Kier alpha value is -7.72. The Morgan fingerprint density at radius 3 is 0.893 bits per heavy atom. The van der Waals surface area contributed by atoms with Crippen LogP contribution in [-0.2, 0) is 33.5 Å². The molecular formula is C67H64O8. The molecule has 0 aliphatic heterocycles. The fourth-order valence-corrected chi connectivity index (χ4v) is 9.95. The van der Waals surface area contributed by atoms with Gasteiger partial charge in [-0.2, -0.15) is 0 Å². The van der Waals surface area contributed by atoms with Gasteiger partial charge in [0.15, 0.2) is 0 Å². The lowest BCUT2D eigenvalue weighted by Gasteiger charge is -2.26. The van der Waals surface area contributed by atoms with Gasteiger partial charge in [-0.15, -0.1) is 0 Å². The molecule has 75 heavy (non-hydrogen) atoms. The molecule has 0 aliphatic carbocycles. The minimum absolute atomic E-state index is 0.0140. The maximum Gasteiger partial charge on any atom is 0.146 e. The smallest absolute Gasteiger partial charge is 0.146 e. The van der Waals surface area contributed by atoms with E-state index in [4.69, 9.17) is 28.4 Å². The Bertz CT molecular complexity index is 3150. The van der Waals surface area contributed by atoms with E-state index in [9.17, 15) is 10.2 Å². The van der Waals surface area contributed by atoms with E-state index in [1.54, 1.807) is 0 Å². The fraction of sp³-hybridized carbons (Fsp3) is 0.224. The number of benzene rings is 10. The molecule has 380 valence electrons. The zero-order valence-electron chi connectivity index (χ0n) is 43.1. The predicted molar refractivity (Wildman–Crippen MR) is 301 cm³/mol. The summed E-state index contributed by atoms with van der Waals surface area (Å²) in [5.41, 5.74) is 6.40. The van der Waals surface area contributed by atoms with Crippen LogP contribution in [0.2, 0.25) is 0 Å². The Morgan fingerprint density at radius 1 is 0.333 bits per heavy atom. The van der Waals surface area contributed by atoms with Gasteiger partial charge in [0.2, 0.25) is 0 Å². The molecule has 10 aromatic carbocycles. The van der Waals surface area contributed by atoms with E-state index in [2.05, 4.69) is 185 Å². The van der Waals surface area contributed by atoms with Crippen LogP contribution in [-0.4, -0.2) is 55.6 Å². The molecule has 0 aromatic heterocycles. The maximum absolute atomic E-state index is 10.5. The molecule has 8 heteroatoms. The fourth-order valence-electron chi connectivity index (χ4n) is 9.95. The SMILES string of the molecule is CC(C)(c1ccc(OCc2c3ccccc3cc3ccccc23)cc1)c1ccc(OCC(O)COCOCC(O)COc2ccc(C(C)(C)c3ccc(OCc4c5ccccc5cc5ccccc45)cc3)cc2)cc1. The van der Waals surface area contributed by atoms with Crippen LogP contribution in [0.5, 0.6) is 23.0 Å². The molecule has 0 radical (unpaired) electrons. The van der Waals surface area contributed by atoms with E-state index in [0.717, 1.165) is 33.8 Å². The van der Waals surface area contributed by atoms with Crippen LogP contribution in [0.4, 0.5) is 0 Å². The van der Waals surface area contributed by atoms with Crippen molar-refractivity contribution in [3.8, 4) is 23.0 Å². The zero-order valence-corrected chi connectivity index (χ0v) is 43.1. The Labute approximate surface area is 439 Å². The van der Waals surface area contributed by atoms with Crippen LogP contribution in [0.15, 0.2) is 206 Å². The normalized spacial score (nSPS) is 12.8. The lowest BCUT2D eigenvalue weighted by atomic mass is 9.78. The molecule has 0 heterocycles. The molecule has 0 saturated heterocycles. The quantitative estimate of drug-likeness (QED) is 0.0394. The van der Waals surface area contributed by atoms with E-state index in [1.165, 1.54) is 54.2 Å². The number of hydrogen-bond acceptors (Lipinski definition) is 8. The van der Waals surface area contributed by atoms with Gasteiger partial charge in [-0.1, -0.05) is 173 Å². The molecule has 0 fully saturated rings. The summed E-state index contributed by atoms with van der Waals surface area (Å²) in [5, 5.41) is 30.7. The van der Waals surface area contributed by atoms with Gasteiger partial charge in [-0.3, -0.25) is 0 Å². The van der Waals surface area contributed by atoms with Crippen molar-refractivity contribution in [2.75, 3.05) is 33.2 Å². The van der Waals surface area contributed by atoms with Crippen LogP contribution in [0.3, 0.4) is 0 Å². The number of ether oxygens (including phenoxy) is 6. The highest BCUT2D eigenvalue weighted by atomic mass is 16.7. The third-order valence-electron chi connectivity index (χ3n) is 14.5. The minimum atomic E-state index is -0.868. The molecule has 0 bridgehead atoms. The first-order valence-corrected chi connectivity index (χ1v) is 25.7. The molecule has 0 aliphatic rings. The summed E-state index contributed by atoms with van der Waals surface area (Å²) in [5.74, 6) is 2.93. The summed E-state index contributed by atoms with van der Waals surface area (Å²) in [4.78, 5) is 0. The number of aliphatic hydroxyl groups excluding tert-OH is 2. The monoisotopic (exact) mass is 996 g/mol. The number of rotatable bonds is 22. The van der Waals surface area contributed by atoms with Crippen molar-refractivity contribution in [1.29, 1.82) is 0 Å². The maximum atomic E-state index is 10.5. The van der Waals surface area contributed by atoms with Crippen molar-refractivity contribution < 1.29 is 38.6 Å². The van der Waals surface area contributed by atoms with E-state index < -0.39 is 12.2 Å². The Balaban J connectivity index is 0.619. The van der Waals surface area contributed by atoms with Gasteiger partial charge in [0.1, 0.15) is 68.4 Å². The largest absolute Gasteiger partial charge is 0.491 e. The Morgan fingerprint density at radius 2 is 0.600 bits per heavy atom. The predicted octanol–water partition coefficient (Wildman–Crippen LogP) is 14.3. The molecule has 10 aromatic rings. The van der Waals surface area contributed by atoms with E-state index >= 15 is 0 Å².